The summed E-state index contributed by atoms with van der Waals surface area (Å²) in [5.74, 6) is 0.198. The summed E-state index contributed by atoms with van der Waals surface area (Å²) in [6.45, 7) is 13.4. The maximum atomic E-state index is 11.8. The molecule has 0 aliphatic carbocycles. The second kappa shape index (κ2) is 9.69. The van der Waals surface area contributed by atoms with Crippen LogP contribution in [0.1, 0.15) is 41.0 Å². The van der Waals surface area contributed by atoms with E-state index in [0.29, 0.717) is 25.0 Å². The normalized spacial score (nSPS) is 12.8. The van der Waals surface area contributed by atoms with Crippen molar-refractivity contribution >= 4 is 10.0 Å². The summed E-state index contributed by atoms with van der Waals surface area (Å²) in [7, 11) is -3.13. The van der Waals surface area contributed by atoms with Crippen LogP contribution in [0.25, 0.3) is 0 Å². The van der Waals surface area contributed by atoms with Crippen LogP contribution in [0.2, 0.25) is 0 Å². The van der Waals surface area contributed by atoms with Crippen LogP contribution in [0.15, 0.2) is 0 Å². The Morgan fingerprint density at radius 1 is 1.05 bits per heavy atom. The predicted molar refractivity (Wildman–Crippen MR) is 81.9 cm³/mol. The minimum absolute atomic E-state index is 0.198. The number of sulfonamides is 1. The molecule has 0 aromatic heterocycles. The van der Waals surface area contributed by atoms with Crippen molar-refractivity contribution in [3.63, 3.8) is 0 Å². The molecule has 0 saturated carbocycles. The van der Waals surface area contributed by atoms with Crippen molar-refractivity contribution in [1.29, 1.82) is 0 Å². The van der Waals surface area contributed by atoms with Crippen molar-refractivity contribution < 1.29 is 8.42 Å². The molecule has 0 aromatic carbocycles. The highest BCUT2D eigenvalue weighted by Gasteiger charge is 2.14. The highest BCUT2D eigenvalue weighted by atomic mass is 32.2. The fourth-order valence-electron chi connectivity index (χ4n) is 2.08. The van der Waals surface area contributed by atoms with E-state index < -0.39 is 10.0 Å². The molecule has 0 unspecified atom stereocenters. The Hall–Kier alpha value is -0.170. The van der Waals surface area contributed by atoms with Gasteiger partial charge in [-0.3, -0.25) is 4.90 Å². The van der Waals surface area contributed by atoms with Crippen LogP contribution in [0.5, 0.6) is 0 Å². The highest BCUT2D eigenvalue weighted by Crippen LogP contribution is 2.03. The van der Waals surface area contributed by atoms with Gasteiger partial charge in [0.1, 0.15) is 0 Å². The fourth-order valence-corrected chi connectivity index (χ4v) is 3.15. The van der Waals surface area contributed by atoms with Crippen LogP contribution >= 0.6 is 0 Å². The van der Waals surface area contributed by atoms with E-state index in [-0.39, 0.29) is 5.75 Å². The van der Waals surface area contributed by atoms with Gasteiger partial charge in [0, 0.05) is 25.2 Å². The van der Waals surface area contributed by atoms with Crippen LogP contribution in [0.3, 0.4) is 0 Å². The van der Waals surface area contributed by atoms with E-state index in [2.05, 4.69) is 42.6 Å². The number of rotatable bonds is 11. The van der Waals surface area contributed by atoms with Crippen molar-refractivity contribution in [2.75, 3.05) is 31.9 Å². The molecule has 0 saturated heterocycles. The summed E-state index contributed by atoms with van der Waals surface area (Å²) >= 11 is 0. The first kappa shape index (κ1) is 18.8. The van der Waals surface area contributed by atoms with Gasteiger partial charge in [0.25, 0.3) is 0 Å². The van der Waals surface area contributed by atoms with Gasteiger partial charge in [0.15, 0.2) is 0 Å². The van der Waals surface area contributed by atoms with Gasteiger partial charge in [-0.05, 0) is 47.2 Å². The van der Waals surface area contributed by atoms with Crippen molar-refractivity contribution in [1.82, 2.24) is 14.9 Å². The lowest BCUT2D eigenvalue weighted by atomic mass is 10.2. The van der Waals surface area contributed by atoms with Crippen molar-refractivity contribution in [3.05, 3.63) is 0 Å². The fraction of sp³-hybridized carbons (Fsp3) is 1.00. The highest BCUT2D eigenvalue weighted by molar-refractivity contribution is 7.89. The van der Waals surface area contributed by atoms with Gasteiger partial charge in [-0.2, -0.15) is 0 Å². The van der Waals surface area contributed by atoms with Gasteiger partial charge in [-0.15, -0.1) is 0 Å². The van der Waals surface area contributed by atoms with Gasteiger partial charge < -0.3 is 5.32 Å². The van der Waals surface area contributed by atoms with E-state index in [0.717, 1.165) is 19.6 Å². The van der Waals surface area contributed by atoms with Crippen LogP contribution in [-0.4, -0.2) is 57.3 Å². The lowest BCUT2D eigenvalue weighted by Gasteiger charge is -2.30. The van der Waals surface area contributed by atoms with Crippen LogP contribution in [0.4, 0.5) is 0 Å². The standard InChI is InChI=1S/C13H31N3O2S/c1-6-14-8-7-11-19(17,18)15-9-10-16(12(2)3)13(4)5/h12-15H,6-11H2,1-5H3. The molecule has 116 valence electrons. The lowest BCUT2D eigenvalue weighted by molar-refractivity contribution is 0.179. The molecule has 0 bridgehead atoms. The number of nitrogens with one attached hydrogen (secondary N) is 2. The van der Waals surface area contributed by atoms with E-state index in [1.807, 2.05) is 6.92 Å². The van der Waals surface area contributed by atoms with Gasteiger partial charge in [0.2, 0.25) is 10.0 Å². The zero-order chi connectivity index (χ0) is 14.9. The molecule has 0 aromatic rings. The average molecular weight is 293 g/mol. The van der Waals surface area contributed by atoms with E-state index in [4.69, 9.17) is 0 Å². The summed E-state index contributed by atoms with van der Waals surface area (Å²) in [6.07, 6.45) is 0.654. The molecule has 0 atom stereocenters. The Labute approximate surface area is 119 Å². The Balaban J connectivity index is 3.96. The molecule has 5 nitrogen and oxygen atoms in total. The summed E-state index contributed by atoms with van der Waals surface area (Å²) in [4.78, 5) is 2.28. The first-order chi connectivity index (χ1) is 8.80. The predicted octanol–water partition coefficient (Wildman–Crippen LogP) is 1.02. The molecule has 6 heteroatoms. The molecule has 0 heterocycles. The monoisotopic (exact) mass is 293 g/mol. The van der Waals surface area contributed by atoms with Gasteiger partial charge in [-0.1, -0.05) is 6.92 Å². The molecule has 0 fully saturated rings. The molecule has 19 heavy (non-hydrogen) atoms. The number of hydrogen-bond acceptors (Lipinski definition) is 4. The molecule has 0 aliphatic heterocycles. The molecule has 0 aliphatic rings. The molecular weight excluding hydrogens is 262 g/mol. The van der Waals surface area contributed by atoms with Crippen molar-refractivity contribution in [2.24, 2.45) is 0 Å². The molecule has 2 N–H and O–H groups in total. The first-order valence-corrected chi connectivity index (χ1v) is 8.89. The molecule has 0 spiro atoms. The zero-order valence-electron chi connectivity index (χ0n) is 13.1. The third-order valence-corrected chi connectivity index (χ3v) is 4.51. The minimum atomic E-state index is -3.13. The Morgan fingerprint density at radius 3 is 2.11 bits per heavy atom. The summed E-state index contributed by atoms with van der Waals surface area (Å²) < 4.78 is 26.2. The van der Waals surface area contributed by atoms with Crippen LogP contribution < -0.4 is 10.0 Å². The first-order valence-electron chi connectivity index (χ1n) is 7.24. The summed E-state index contributed by atoms with van der Waals surface area (Å²) in [6, 6.07) is 0.858. The van der Waals surface area contributed by atoms with E-state index >= 15 is 0 Å². The maximum absolute atomic E-state index is 11.8. The quantitative estimate of drug-likeness (QED) is 0.559. The van der Waals surface area contributed by atoms with Crippen LogP contribution in [-0.2, 0) is 10.0 Å². The minimum Gasteiger partial charge on any atom is -0.317 e. The molecule has 0 radical (unpaired) electrons. The molecule has 0 rings (SSSR count). The topological polar surface area (TPSA) is 61.4 Å². The van der Waals surface area contributed by atoms with Crippen molar-refractivity contribution in [3.8, 4) is 0 Å². The smallest absolute Gasteiger partial charge is 0.211 e. The third kappa shape index (κ3) is 9.38. The third-order valence-electron chi connectivity index (χ3n) is 3.04. The van der Waals surface area contributed by atoms with Crippen molar-refractivity contribution in [2.45, 2.75) is 53.1 Å². The second-order valence-electron chi connectivity index (χ2n) is 5.35. The Morgan fingerprint density at radius 2 is 1.63 bits per heavy atom. The van der Waals surface area contributed by atoms with E-state index in [1.165, 1.54) is 0 Å². The SMILES string of the molecule is CCNCCCS(=O)(=O)NCCN(C(C)C)C(C)C. The Kier molecular flexibility index (Phi) is 9.60. The Bertz CT molecular complexity index is 308. The average Bonchev–Trinajstić information content (AvgIpc) is 2.29. The van der Waals surface area contributed by atoms with Gasteiger partial charge in [0.05, 0.1) is 5.75 Å². The van der Waals surface area contributed by atoms with E-state index in [1.54, 1.807) is 0 Å². The van der Waals surface area contributed by atoms with Crippen LogP contribution in [0, 0.1) is 0 Å². The van der Waals surface area contributed by atoms with Gasteiger partial charge >= 0.3 is 0 Å². The molecule has 0 amide bonds. The largest absolute Gasteiger partial charge is 0.317 e. The van der Waals surface area contributed by atoms with E-state index in [9.17, 15) is 8.42 Å². The summed E-state index contributed by atoms with van der Waals surface area (Å²) in [5.41, 5.74) is 0. The summed E-state index contributed by atoms with van der Waals surface area (Å²) in [5, 5.41) is 3.12. The zero-order valence-corrected chi connectivity index (χ0v) is 13.9. The maximum Gasteiger partial charge on any atom is 0.211 e. The number of nitrogens with zero attached hydrogens (tertiary/aromatic N) is 1. The molecular formula is C13H31N3O2S. The van der Waals surface area contributed by atoms with Gasteiger partial charge in [-0.25, -0.2) is 13.1 Å². The lowest BCUT2D eigenvalue weighted by Crippen LogP contribution is -2.42. The number of hydrogen-bond donors (Lipinski definition) is 2. The second-order valence-corrected chi connectivity index (χ2v) is 7.27.